The lowest BCUT2D eigenvalue weighted by atomic mass is 10.1. The van der Waals surface area contributed by atoms with E-state index in [2.05, 4.69) is 10.1 Å². The highest BCUT2D eigenvalue weighted by atomic mass is 32.2. The highest BCUT2D eigenvalue weighted by Gasteiger charge is 2.25. The Labute approximate surface area is 131 Å². The predicted octanol–water partition coefficient (Wildman–Crippen LogP) is 0.600. The second kappa shape index (κ2) is 6.78. The molecule has 1 fully saturated rings. The number of carbonyl (C=O) groups excluding carboxylic acids is 1. The van der Waals surface area contributed by atoms with Gasteiger partial charge < -0.3 is 9.42 Å². The quantitative estimate of drug-likeness (QED) is 0.786. The molecule has 1 saturated heterocycles. The van der Waals surface area contributed by atoms with Crippen LogP contribution in [0.1, 0.15) is 36.0 Å². The summed E-state index contributed by atoms with van der Waals surface area (Å²) in [5.41, 5.74) is 0.341. The van der Waals surface area contributed by atoms with E-state index in [0.717, 1.165) is 0 Å². The molecular formula is C14H23N3O4S. The Morgan fingerprint density at radius 2 is 1.95 bits per heavy atom. The third kappa shape index (κ3) is 4.54. The zero-order valence-corrected chi connectivity index (χ0v) is 14.1. The molecule has 2 heterocycles. The summed E-state index contributed by atoms with van der Waals surface area (Å²) >= 11 is 0. The van der Waals surface area contributed by atoms with Crippen LogP contribution in [0.15, 0.2) is 10.6 Å². The minimum Gasteiger partial charge on any atom is -0.360 e. The van der Waals surface area contributed by atoms with Crippen LogP contribution in [0.25, 0.3) is 0 Å². The average molecular weight is 329 g/mol. The monoisotopic (exact) mass is 329 g/mol. The van der Waals surface area contributed by atoms with Gasteiger partial charge in [0.25, 0.3) is 5.91 Å². The molecule has 2 rings (SSSR count). The Morgan fingerprint density at radius 3 is 2.45 bits per heavy atom. The van der Waals surface area contributed by atoms with Gasteiger partial charge in [-0.2, -0.15) is 0 Å². The van der Waals surface area contributed by atoms with Crippen LogP contribution in [0, 0.1) is 0 Å². The fourth-order valence-electron chi connectivity index (χ4n) is 2.29. The average Bonchev–Trinajstić information content (AvgIpc) is 2.94. The van der Waals surface area contributed by atoms with Gasteiger partial charge in [-0.1, -0.05) is 19.0 Å². The van der Waals surface area contributed by atoms with Crippen molar-refractivity contribution in [2.45, 2.75) is 19.8 Å². The smallest absolute Gasteiger partial charge is 0.276 e. The summed E-state index contributed by atoms with van der Waals surface area (Å²) in [7, 11) is -2.95. The highest BCUT2D eigenvalue weighted by Crippen LogP contribution is 2.16. The van der Waals surface area contributed by atoms with Gasteiger partial charge >= 0.3 is 0 Å². The third-order valence-electron chi connectivity index (χ3n) is 3.75. The molecule has 0 saturated carbocycles. The van der Waals surface area contributed by atoms with Gasteiger partial charge in [-0.25, -0.2) is 8.42 Å². The maximum absolute atomic E-state index is 12.3. The summed E-state index contributed by atoms with van der Waals surface area (Å²) in [5, 5.41) is 3.84. The summed E-state index contributed by atoms with van der Waals surface area (Å²) in [5.74, 6) is 0.928. The molecule has 0 N–H and O–H groups in total. The van der Waals surface area contributed by atoms with Crippen molar-refractivity contribution in [3.05, 3.63) is 17.5 Å². The zero-order chi connectivity index (χ0) is 16.3. The number of hydrogen-bond donors (Lipinski definition) is 0. The van der Waals surface area contributed by atoms with Crippen LogP contribution in [0.5, 0.6) is 0 Å². The van der Waals surface area contributed by atoms with Gasteiger partial charge in [-0.15, -0.1) is 0 Å². The van der Waals surface area contributed by atoms with E-state index in [1.165, 1.54) is 6.26 Å². The number of piperazine rings is 1. The van der Waals surface area contributed by atoms with Crippen molar-refractivity contribution in [1.29, 1.82) is 0 Å². The molecule has 1 aromatic rings. The maximum Gasteiger partial charge on any atom is 0.276 e. The number of hydrogen-bond acceptors (Lipinski definition) is 6. The van der Waals surface area contributed by atoms with Crippen molar-refractivity contribution in [2.75, 3.05) is 44.7 Å². The molecule has 0 aliphatic carbocycles. The van der Waals surface area contributed by atoms with Gasteiger partial charge in [0.1, 0.15) is 15.6 Å². The minimum atomic E-state index is -2.95. The van der Waals surface area contributed by atoms with Gasteiger partial charge in [0, 0.05) is 51.0 Å². The van der Waals surface area contributed by atoms with Crippen molar-refractivity contribution < 1.29 is 17.7 Å². The summed E-state index contributed by atoms with van der Waals surface area (Å²) in [6, 6.07) is 1.70. The van der Waals surface area contributed by atoms with Gasteiger partial charge in [0.05, 0.1) is 5.75 Å². The summed E-state index contributed by atoms with van der Waals surface area (Å²) in [6.45, 7) is 6.98. The van der Waals surface area contributed by atoms with E-state index < -0.39 is 9.84 Å². The van der Waals surface area contributed by atoms with Crippen LogP contribution >= 0.6 is 0 Å². The summed E-state index contributed by atoms with van der Waals surface area (Å²) in [4.78, 5) is 16.1. The molecule has 0 atom stereocenters. The molecule has 8 heteroatoms. The molecule has 1 aliphatic heterocycles. The van der Waals surface area contributed by atoms with Crippen molar-refractivity contribution >= 4 is 15.7 Å². The van der Waals surface area contributed by atoms with E-state index in [1.54, 1.807) is 11.0 Å². The van der Waals surface area contributed by atoms with Gasteiger partial charge in [-0.05, 0) is 0 Å². The Balaban J connectivity index is 1.86. The lowest BCUT2D eigenvalue weighted by molar-refractivity contribution is 0.0634. The molecule has 1 amide bonds. The van der Waals surface area contributed by atoms with E-state index in [9.17, 15) is 13.2 Å². The standard InChI is InChI=1S/C14H23N3O4S/c1-11(2)13-10-12(15-21-13)14(18)17-6-4-16(5-7-17)8-9-22(3,19)20/h10-11H,4-9H2,1-3H3. The van der Waals surface area contributed by atoms with Crippen LogP contribution in [0.2, 0.25) is 0 Å². The lowest BCUT2D eigenvalue weighted by Gasteiger charge is -2.34. The van der Waals surface area contributed by atoms with E-state index in [-0.39, 0.29) is 17.6 Å². The Kier molecular flexibility index (Phi) is 5.23. The molecule has 7 nitrogen and oxygen atoms in total. The van der Waals surface area contributed by atoms with Crippen molar-refractivity contribution in [3.63, 3.8) is 0 Å². The Morgan fingerprint density at radius 1 is 1.32 bits per heavy atom. The number of aromatic nitrogens is 1. The first-order valence-corrected chi connectivity index (χ1v) is 9.48. The van der Waals surface area contributed by atoms with E-state index >= 15 is 0 Å². The van der Waals surface area contributed by atoms with Crippen molar-refractivity contribution in [1.82, 2.24) is 15.0 Å². The number of rotatable bonds is 5. The van der Waals surface area contributed by atoms with Crippen molar-refractivity contribution in [3.8, 4) is 0 Å². The van der Waals surface area contributed by atoms with Crippen LogP contribution in [-0.4, -0.2) is 74.0 Å². The molecular weight excluding hydrogens is 306 g/mol. The molecule has 1 aromatic heterocycles. The Bertz CT molecular complexity index is 616. The predicted molar refractivity (Wildman–Crippen MR) is 82.6 cm³/mol. The highest BCUT2D eigenvalue weighted by molar-refractivity contribution is 7.90. The number of amides is 1. The lowest BCUT2D eigenvalue weighted by Crippen LogP contribution is -2.49. The first-order chi connectivity index (χ1) is 10.3. The summed E-state index contributed by atoms with van der Waals surface area (Å²) in [6.07, 6.45) is 1.24. The topological polar surface area (TPSA) is 83.7 Å². The molecule has 22 heavy (non-hydrogen) atoms. The SMILES string of the molecule is CC(C)c1cc(C(=O)N2CCN(CCS(C)(=O)=O)CC2)no1. The molecule has 124 valence electrons. The normalized spacial score (nSPS) is 17.2. The van der Waals surface area contributed by atoms with E-state index in [1.807, 2.05) is 13.8 Å². The molecule has 0 aromatic carbocycles. The number of carbonyl (C=O) groups is 1. The second-order valence-corrected chi connectivity index (χ2v) is 8.29. The molecule has 0 radical (unpaired) electrons. The zero-order valence-electron chi connectivity index (χ0n) is 13.3. The van der Waals surface area contributed by atoms with Crippen molar-refractivity contribution in [2.24, 2.45) is 0 Å². The fraction of sp³-hybridized carbons (Fsp3) is 0.714. The van der Waals surface area contributed by atoms with Gasteiger partial charge in [-0.3, -0.25) is 9.69 Å². The Hall–Kier alpha value is -1.41. The minimum absolute atomic E-state index is 0.126. The van der Waals surface area contributed by atoms with E-state index in [4.69, 9.17) is 4.52 Å². The van der Waals surface area contributed by atoms with Crippen LogP contribution in [0.3, 0.4) is 0 Å². The first kappa shape index (κ1) is 17.0. The van der Waals surface area contributed by atoms with Crippen LogP contribution in [-0.2, 0) is 9.84 Å². The second-order valence-electron chi connectivity index (χ2n) is 6.03. The fourth-order valence-corrected chi connectivity index (χ4v) is 2.88. The molecule has 0 bridgehead atoms. The molecule has 0 unspecified atom stereocenters. The van der Waals surface area contributed by atoms with Gasteiger partial charge in [0.15, 0.2) is 5.69 Å². The number of sulfone groups is 1. The maximum atomic E-state index is 12.3. The van der Waals surface area contributed by atoms with Crippen LogP contribution in [0.4, 0.5) is 0 Å². The first-order valence-electron chi connectivity index (χ1n) is 7.42. The van der Waals surface area contributed by atoms with E-state index in [0.29, 0.717) is 44.2 Å². The van der Waals surface area contributed by atoms with Gasteiger partial charge in [0.2, 0.25) is 0 Å². The summed E-state index contributed by atoms with van der Waals surface area (Å²) < 4.78 is 27.5. The molecule has 1 aliphatic rings. The third-order valence-corrected chi connectivity index (χ3v) is 4.68. The molecule has 0 spiro atoms. The number of nitrogens with zero attached hydrogens (tertiary/aromatic N) is 3. The van der Waals surface area contributed by atoms with Crippen LogP contribution < -0.4 is 0 Å². The largest absolute Gasteiger partial charge is 0.360 e.